The number of aromatic amines is 1. The molecular weight excluding hydrogens is 233 g/mol. The van der Waals surface area contributed by atoms with Gasteiger partial charge in [0.15, 0.2) is 11.6 Å². The van der Waals surface area contributed by atoms with Gasteiger partial charge < -0.3 is 10.3 Å². The van der Waals surface area contributed by atoms with E-state index in [2.05, 4.69) is 25.3 Å². The number of imidazole rings is 1. The molecule has 2 rings (SSSR count). The summed E-state index contributed by atoms with van der Waals surface area (Å²) in [6.07, 6.45) is 6.11. The average molecular weight is 249 g/mol. The quantitative estimate of drug-likeness (QED) is 0.854. The third kappa shape index (κ3) is 2.47. The predicted molar refractivity (Wildman–Crippen MR) is 66.6 cm³/mol. The lowest BCUT2D eigenvalue weighted by atomic mass is 10.2. The molecule has 96 valence electrons. The van der Waals surface area contributed by atoms with Crippen LogP contribution in [0.4, 0.5) is 10.2 Å². The highest BCUT2D eigenvalue weighted by atomic mass is 19.1. The van der Waals surface area contributed by atoms with Crippen LogP contribution < -0.4 is 5.32 Å². The first-order valence-electron chi connectivity index (χ1n) is 6.01. The first-order chi connectivity index (χ1) is 8.76. The highest BCUT2D eigenvalue weighted by Gasteiger charge is 2.16. The van der Waals surface area contributed by atoms with Crippen molar-refractivity contribution < 1.29 is 4.39 Å². The number of hydrogen-bond donors (Lipinski definition) is 2. The normalized spacial score (nSPS) is 12.4. The van der Waals surface area contributed by atoms with E-state index in [1.54, 1.807) is 12.4 Å². The summed E-state index contributed by atoms with van der Waals surface area (Å²) in [6, 6.07) is -0.0888. The van der Waals surface area contributed by atoms with E-state index in [-0.39, 0.29) is 17.7 Å². The molecular formula is C12H16FN5. The average Bonchev–Trinajstić information content (AvgIpc) is 2.91. The molecule has 0 aliphatic carbocycles. The van der Waals surface area contributed by atoms with Crippen LogP contribution in [0.1, 0.15) is 37.8 Å². The van der Waals surface area contributed by atoms with E-state index in [1.807, 2.05) is 13.8 Å². The Morgan fingerprint density at radius 1 is 1.33 bits per heavy atom. The van der Waals surface area contributed by atoms with Gasteiger partial charge in [0.25, 0.3) is 0 Å². The fraction of sp³-hybridized carbons (Fsp3) is 0.417. The molecule has 0 radical (unpaired) electrons. The Kier molecular flexibility index (Phi) is 3.86. The third-order valence-electron chi connectivity index (χ3n) is 2.77. The van der Waals surface area contributed by atoms with Gasteiger partial charge in [-0.15, -0.1) is 0 Å². The van der Waals surface area contributed by atoms with Gasteiger partial charge in [-0.3, -0.25) is 0 Å². The number of aromatic nitrogens is 4. The Morgan fingerprint density at radius 3 is 2.78 bits per heavy atom. The summed E-state index contributed by atoms with van der Waals surface area (Å²) in [5, 5.41) is 3.05. The van der Waals surface area contributed by atoms with Crippen LogP contribution in [0.15, 0.2) is 18.7 Å². The van der Waals surface area contributed by atoms with Gasteiger partial charge in [-0.05, 0) is 12.8 Å². The number of nitrogens with zero attached hydrogens (tertiary/aromatic N) is 3. The molecule has 0 aliphatic rings. The van der Waals surface area contributed by atoms with Gasteiger partial charge in [-0.2, -0.15) is 0 Å². The molecule has 6 heteroatoms. The lowest BCUT2D eigenvalue weighted by Gasteiger charge is -2.16. The highest BCUT2D eigenvalue weighted by molar-refractivity contribution is 5.39. The molecule has 0 saturated carbocycles. The Balaban J connectivity index is 2.22. The Morgan fingerprint density at radius 2 is 2.17 bits per heavy atom. The molecule has 0 amide bonds. The van der Waals surface area contributed by atoms with Crippen LogP contribution in [-0.4, -0.2) is 19.9 Å². The molecule has 1 atom stereocenters. The summed E-state index contributed by atoms with van der Waals surface area (Å²) in [5.74, 6) is 0.615. The summed E-state index contributed by atoms with van der Waals surface area (Å²) in [6.45, 7) is 3.86. The summed E-state index contributed by atoms with van der Waals surface area (Å²) < 4.78 is 14.0. The van der Waals surface area contributed by atoms with Crippen molar-refractivity contribution in [2.75, 3.05) is 5.32 Å². The van der Waals surface area contributed by atoms with Crippen molar-refractivity contribution in [3.05, 3.63) is 36.1 Å². The van der Waals surface area contributed by atoms with Crippen molar-refractivity contribution in [3.63, 3.8) is 0 Å². The maximum absolute atomic E-state index is 14.0. The lowest BCUT2D eigenvalue weighted by Crippen LogP contribution is -2.14. The zero-order valence-electron chi connectivity index (χ0n) is 10.4. The second-order valence-corrected chi connectivity index (χ2v) is 3.92. The Hall–Kier alpha value is -1.98. The van der Waals surface area contributed by atoms with E-state index in [0.29, 0.717) is 12.1 Å². The Labute approximate surface area is 105 Å². The van der Waals surface area contributed by atoms with E-state index in [0.717, 1.165) is 12.2 Å². The largest absolute Gasteiger partial charge is 0.358 e. The van der Waals surface area contributed by atoms with E-state index < -0.39 is 0 Å². The molecule has 0 bridgehead atoms. The molecule has 2 N–H and O–H groups in total. The molecule has 18 heavy (non-hydrogen) atoms. The minimum absolute atomic E-state index is 0.0888. The summed E-state index contributed by atoms with van der Waals surface area (Å²) in [5.41, 5.74) is 0.418. The number of anilines is 1. The fourth-order valence-electron chi connectivity index (χ4n) is 1.75. The van der Waals surface area contributed by atoms with Gasteiger partial charge in [-0.25, -0.2) is 19.3 Å². The summed E-state index contributed by atoms with van der Waals surface area (Å²) in [4.78, 5) is 15.0. The molecule has 0 fully saturated rings. The molecule has 0 saturated heterocycles. The third-order valence-corrected chi connectivity index (χ3v) is 2.77. The molecule has 2 aromatic rings. The molecule has 5 nitrogen and oxygen atoms in total. The topological polar surface area (TPSA) is 66.5 Å². The molecule has 1 unspecified atom stereocenters. The number of H-pyrrole nitrogens is 1. The molecule has 2 aromatic heterocycles. The van der Waals surface area contributed by atoms with Gasteiger partial charge in [0, 0.05) is 12.4 Å². The van der Waals surface area contributed by atoms with Crippen LogP contribution in [-0.2, 0) is 6.42 Å². The second-order valence-electron chi connectivity index (χ2n) is 3.92. The number of aryl methyl sites for hydroxylation is 1. The zero-order chi connectivity index (χ0) is 13.0. The van der Waals surface area contributed by atoms with Gasteiger partial charge in [0.05, 0.1) is 11.7 Å². The van der Waals surface area contributed by atoms with Crippen LogP contribution in [0, 0.1) is 5.82 Å². The predicted octanol–water partition coefficient (Wildman–Crippen LogP) is 2.46. The smallest absolute Gasteiger partial charge is 0.186 e. The van der Waals surface area contributed by atoms with Crippen LogP contribution in [0.2, 0.25) is 0 Å². The number of nitrogens with one attached hydrogen (secondary N) is 2. The van der Waals surface area contributed by atoms with Gasteiger partial charge in [0.2, 0.25) is 0 Å². The van der Waals surface area contributed by atoms with E-state index in [4.69, 9.17) is 0 Å². The standard InChI is InChI=1S/C12H16FN5/c1-3-8-10(13)12(17-7-16-8)18-9(4-2)11-14-5-6-15-11/h5-7,9H,3-4H2,1-2H3,(H,14,15)(H,16,17,18). The summed E-state index contributed by atoms with van der Waals surface area (Å²) in [7, 11) is 0. The van der Waals surface area contributed by atoms with Crippen LogP contribution in [0.25, 0.3) is 0 Å². The van der Waals surface area contributed by atoms with Crippen molar-refractivity contribution in [1.29, 1.82) is 0 Å². The zero-order valence-corrected chi connectivity index (χ0v) is 10.4. The van der Waals surface area contributed by atoms with E-state index in [1.165, 1.54) is 6.33 Å². The van der Waals surface area contributed by atoms with Crippen LogP contribution in [0.5, 0.6) is 0 Å². The van der Waals surface area contributed by atoms with Crippen LogP contribution in [0.3, 0.4) is 0 Å². The lowest BCUT2D eigenvalue weighted by molar-refractivity contribution is 0.588. The molecule has 0 aromatic carbocycles. The first-order valence-corrected chi connectivity index (χ1v) is 6.01. The number of hydrogen-bond acceptors (Lipinski definition) is 4. The Bertz CT molecular complexity index is 497. The van der Waals surface area contributed by atoms with Crippen molar-refractivity contribution in [2.24, 2.45) is 0 Å². The molecule has 0 aliphatic heterocycles. The summed E-state index contributed by atoms with van der Waals surface area (Å²) >= 11 is 0. The van der Waals surface area contributed by atoms with Crippen LogP contribution >= 0.6 is 0 Å². The minimum atomic E-state index is -0.384. The van der Waals surface area contributed by atoms with Crippen molar-refractivity contribution in [2.45, 2.75) is 32.7 Å². The minimum Gasteiger partial charge on any atom is -0.358 e. The van der Waals surface area contributed by atoms with Gasteiger partial charge in [-0.1, -0.05) is 13.8 Å². The van der Waals surface area contributed by atoms with Crippen molar-refractivity contribution >= 4 is 5.82 Å². The van der Waals surface area contributed by atoms with E-state index >= 15 is 0 Å². The van der Waals surface area contributed by atoms with Crippen molar-refractivity contribution in [3.8, 4) is 0 Å². The second kappa shape index (κ2) is 5.57. The van der Waals surface area contributed by atoms with Crippen molar-refractivity contribution in [1.82, 2.24) is 19.9 Å². The molecule has 0 spiro atoms. The monoisotopic (exact) mass is 249 g/mol. The number of halogens is 1. The fourth-order valence-corrected chi connectivity index (χ4v) is 1.75. The van der Waals surface area contributed by atoms with Gasteiger partial charge >= 0.3 is 0 Å². The van der Waals surface area contributed by atoms with E-state index in [9.17, 15) is 4.39 Å². The maximum atomic E-state index is 14.0. The maximum Gasteiger partial charge on any atom is 0.186 e. The van der Waals surface area contributed by atoms with Gasteiger partial charge in [0.1, 0.15) is 12.2 Å². The first kappa shape index (κ1) is 12.5. The molecule has 2 heterocycles. The SMILES string of the molecule is CCc1ncnc(NC(CC)c2ncc[nH]2)c1F. The highest BCUT2D eigenvalue weighted by Crippen LogP contribution is 2.21. The number of rotatable bonds is 5.